The van der Waals surface area contributed by atoms with Crippen molar-refractivity contribution in [3.63, 3.8) is 0 Å². The topological polar surface area (TPSA) is 106 Å². The molecule has 2 aromatic rings. The average Bonchev–Trinajstić information content (AvgIpc) is 3.13. The molecular weight excluding hydrogens is 430 g/mol. The Morgan fingerprint density at radius 1 is 1.16 bits per heavy atom. The van der Waals surface area contributed by atoms with Crippen LogP contribution in [0.15, 0.2) is 23.4 Å². The zero-order valence-electron chi connectivity index (χ0n) is 19.5. The third-order valence-electron chi connectivity index (χ3n) is 5.33. The van der Waals surface area contributed by atoms with Crippen molar-refractivity contribution in [1.82, 2.24) is 14.8 Å². The number of nitrogens with one attached hydrogen (secondary N) is 1. The predicted octanol–water partition coefficient (Wildman–Crippen LogP) is 2.61. The number of rotatable bonds is 8. The maximum atomic E-state index is 13.2. The summed E-state index contributed by atoms with van der Waals surface area (Å²) < 4.78 is 33.4. The summed E-state index contributed by atoms with van der Waals surface area (Å²) in [4.78, 5) is 14.8. The highest BCUT2D eigenvalue weighted by Gasteiger charge is 2.30. The Balaban J connectivity index is 1.87. The van der Waals surface area contributed by atoms with E-state index >= 15 is 0 Å². The highest BCUT2D eigenvalue weighted by atomic mass is 32.2. The molecule has 1 N–H and O–H groups in total. The molecule has 0 unspecified atom stereocenters. The van der Waals surface area contributed by atoms with Gasteiger partial charge in [0.1, 0.15) is 5.75 Å². The lowest BCUT2D eigenvalue weighted by Gasteiger charge is -2.28. The number of nitrogens with zero attached hydrogens (tertiary/aromatic N) is 4. The molecule has 1 aliphatic rings. The van der Waals surface area contributed by atoms with E-state index in [1.807, 2.05) is 57.7 Å². The first-order valence-corrected chi connectivity index (χ1v) is 12.6. The van der Waals surface area contributed by atoms with Crippen molar-refractivity contribution >= 4 is 27.4 Å². The molecule has 3 rings (SSSR count). The number of aromatic nitrogens is 3. The fraction of sp³-hybridized carbons (Fsp3) is 0.591. The van der Waals surface area contributed by atoms with E-state index in [2.05, 4.69) is 15.5 Å². The molecule has 0 atom stereocenters. The van der Waals surface area contributed by atoms with Crippen LogP contribution in [0.4, 0.5) is 11.6 Å². The number of amides is 1. The number of ether oxygens (including phenoxy) is 1. The molecule has 0 spiro atoms. The Labute approximate surface area is 190 Å². The van der Waals surface area contributed by atoms with Crippen LogP contribution in [-0.2, 0) is 25.9 Å². The van der Waals surface area contributed by atoms with Crippen LogP contribution in [0.5, 0.6) is 0 Å². The minimum Gasteiger partial charge on any atom is -0.378 e. The first kappa shape index (κ1) is 24.2. The molecule has 0 radical (unpaired) electrons. The Hall–Kier alpha value is -2.46. The van der Waals surface area contributed by atoms with Gasteiger partial charge in [-0.25, -0.2) is 8.42 Å². The molecule has 1 saturated heterocycles. The maximum absolute atomic E-state index is 13.2. The number of carbonyl (C=O) groups is 1. The van der Waals surface area contributed by atoms with Crippen LogP contribution >= 0.6 is 0 Å². The average molecular weight is 464 g/mol. The van der Waals surface area contributed by atoms with Crippen molar-refractivity contribution in [3.8, 4) is 0 Å². The second kappa shape index (κ2) is 9.99. The van der Waals surface area contributed by atoms with Gasteiger partial charge in [0.25, 0.3) is 5.16 Å². The fourth-order valence-electron chi connectivity index (χ4n) is 3.79. The normalized spacial score (nSPS) is 14.9. The summed E-state index contributed by atoms with van der Waals surface area (Å²) in [6, 6.07) is 5.76. The summed E-state index contributed by atoms with van der Waals surface area (Å²) in [5, 5.41) is 10.8. The fourth-order valence-corrected chi connectivity index (χ4v) is 4.99. The Morgan fingerprint density at radius 2 is 1.84 bits per heavy atom. The van der Waals surface area contributed by atoms with Gasteiger partial charge in [0.2, 0.25) is 21.7 Å². The third-order valence-corrected chi connectivity index (χ3v) is 6.83. The molecule has 1 aromatic carbocycles. The second-order valence-corrected chi connectivity index (χ2v) is 10.8. The van der Waals surface area contributed by atoms with E-state index in [0.717, 1.165) is 11.1 Å². The van der Waals surface area contributed by atoms with Gasteiger partial charge in [0, 0.05) is 25.3 Å². The van der Waals surface area contributed by atoms with E-state index < -0.39 is 21.5 Å². The van der Waals surface area contributed by atoms with Crippen LogP contribution in [0.3, 0.4) is 0 Å². The minimum atomic E-state index is -4.00. The molecule has 10 heteroatoms. The number of para-hydroxylation sites is 1. The Morgan fingerprint density at radius 3 is 2.47 bits per heavy atom. The third kappa shape index (κ3) is 5.47. The van der Waals surface area contributed by atoms with Crippen LogP contribution in [0.1, 0.15) is 44.7 Å². The first-order valence-electron chi connectivity index (χ1n) is 11.0. The van der Waals surface area contributed by atoms with Crippen LogP contribution in [0.25, 0.3) is 0 Å². The summed E-state index contributed by atoms with van der Waals surface area (Å²) in [6.45, 7) is 12.7. The van der Waals surface area contributed by atoms with Crippen LogP contribution in [0.2, 0.25) is 0 Å². The molecule has 2 heterocycles. The van der Waals surface area contributed by atoms with Crippen molar-refractivity contribution in [2.45, 2.75) is 52.2 Å². The zero-order valence-corrected chi connectivity index (χ0v) is 20.3. The molecular formula is C22H33N5O4S. The van der Waals surface area contributed by atoms with Gasteiger partial charge in [-0.15, -0.1) is 10.2 Å². The van der Waals surface area contributed by atoms with Crippen LogP contribution in [0, 0.1) is 12.8 Å². The monoisotopic (exact) mass is 463 g/mol. The van der Waals surface area contributed by atoms with E-state index in [4.69, 9.17) is 4.74 Å². The summed E-state index contributed by atoms with van der Waals surface area (Å²) in [6.07, 6.45) is 0. The van der Waals surface area contributed by atoms with E-state index in [9.17, 15) is 13.2 Å². The van der Waals surface area contributed by atoms with Crippen molar-refractivity contribution < 1.29 is 17.9 Å². The number of hydrogen-bond donors (Lipinski definition) is 1. The van der Waals surface area contributed by atoms with Gasteiger partial charge in [-0.05, 0) is 29.9 Å². The number of carbonyl (C=O) groups excluding carboxylic acids is 1. The molecule has 0 saturated carbocycles. The van der Waals surface area contributed by atoms with Crippen molar-refractivity contribution in [1.29, 1.82) is 0 Å². The molecule has 32 heavy (non-hydrogen) atoms. The van der Waals surface area contributed by atoms with Gasteiger partial charge in [-0.1, -0.05) is 45.9 Å². The number of anilines is 2. The second-order valence-electron chi connectivity index (χ2n) is 8.89. The summed E-state index contributed by atoms with van der Waals surface area (Å²) in [5.41, 5.74) is 2.52. The number of sulfone groups is 1. The largest absolute Gasteiger partial charge is 0.378 e. The SMILES string of the molecule is Cc1cccc(C(C)C)c1NC(=O)CS(=O)(=O)c1nnc(N2CCOCC2)n1CC(C)C. The zero-order chi connectivity index (χ0) is 23.5. The number of hydrogen-bond acceptors (Lipinski definition) is 7. The molecule has 1 fully saturated rings. The standard InChI is InChI=1S/C22H33N5O4S/c1-15(2)13-27-21(26-9-11-31-12-10-26)24-25-22(27)32(29,30)14-19(28)23-20-17(5)7-6-8-18(20)16(3)4/h6-8,15-16H,9-14H2,1-5H3,(H,23,28). The van der Waals surface area contributed by atoms with Gasteiger partial charge in [-0.2, -0.15) is 0 Å². The van der Waals surface area contributed by atoms with E-state index in [-0.39, 0.29) is 17.0 Å². The molecule has 0 bridgehead atoms. The smallest absolute Gasteiger partial charge is 0.251 e. The Bertz CT molecular complexity index is 1060. The van der Waals surface area contributed by atoms with E-state index in [1.54, 1.807) is 4.57 Å². The lowest BCUT2D eigenvalue weighted by molar-refractivity contribution is -0.113. The predicted molar refractivity (Wildman–Crippen MR) is 124 cm³/mol. The van der Waals surface area contributed by atoms with Crippen LogP contribution < -0.4 is 10.2 Å². The maximum Gasteiger partial charge on any atom is 0.251 e. The first-order chi connectivity index (χ1) is 15.1. The van der Waals surface area contributed by atoms with Gasteiger partial charge in [0.05, 0.1) is 13.2 Å². The number of aryl methyl sites for hydroxylation is 1. The summed E-state index contributed by atoms with van der Waals surface area (Å²) in [5.74, 6) is -0.422. The molecule has 9 nitrogen and oxygen atoms in total. The van der Waals surface area contributed by atoms with Crippen LogP contribution in [-0.4, -0.2) is 61.1 Å². The molecule has 1 amide bonds. The van der Waals surface area contributed by atoms with Gasteiger partial charge >= 0.3 is 0 Å². The summed E-state index contributed by atoms with van der Waals surface area (Å²) in [7, 11) is -4.00. The van der Waals surface area contributed by atoms with E-state index in [0.29, 0.717) is 44.5 Å². The number of benzene rings is 1. The van der Waals surface area contributed by atoms with Crippen molar-refractivity contribution in [2.75, 3.05) is 42.3 Å². The highest BCUT2D eigenvalue weighted by Crippen LogP contribution is 2.28. The molecule has 1 aliphatic heterocycles. The molecule has 176 valence electrons. The van der Waals surface area contributed by atoms with E-state index in [1.165, 1.54) is 0 Å². The molecule has 0 aliphatic carbocycles. The summed E-state index contributed by atoms with van der Waals surface area (Å²) >= 11 is 0. The minimum absolute atomic E-state index is 0.170. The van der Waals surface area contributed by atoms with Crippen molar-refractivity contribution in [3.05, 3.63) is 29.3 Å². The van der Waals surface area contributed by atoms with Crippen molar-refractivity contribution in [2.24, 2.45) is 5.92 Å². The lowest BCUT2D eigenvalue weighted by Crippen LogP contribution is -2.38. The lowest BCUT2D eigenvalue weighted by atomic mass is 9.98. The van der Waals surface area contributed by atoms with Gasteiger partial charge in [0.15, 0.2) is 0 Å². The Kier molecular flexibility index (Phi) is 7.55. The number of morpholine rings is 1. The molecule has 1 aromatic heterocycles. The quantitative estimate of drug-likeness (QED) is 0.641. The van der Waals surface area contributed by atoms with Gasteiger partial charge < -0.3 is 15.0 Å². The van der Waals surface area contributed by atoms with Gasteiger partial charge in [-0.3, -0.25) is 9.36 Å². The highest BCUT2D eigenvalue weighted by molar-refractivity contribution is 7.92.